The molecule has 0 aliphatic heterocycles. The molecular weight excluding hydrogens is 257 g/mol. The number of H-pyrrole nitrogens is 1. The summed E-state index contributed by atoms with van der Waals surface area (Å²) in [5, 5.41) is 10.6. The molecule has 1 heterocycles. The van der Waals surface area contributed by atoms with Gasteiger partial charge in [-0.05, 0) is 18.2 Å². The van der Waals surface area contributed by atoms with Gasteiger partial charge in [-0.2, -0.15) is 5.10 Å². The molecule has 0 spiro atoms. The van der Waals surface area contributed by atoms with E-state index >= 15 is 0 Å². The Balaban J connectivity index is 1.77. The standard InChI is InChI=1S/C15H12FN3O/c16-12-7-3-1-5-10(12)15(20)17-9-14-11-6-2-4-8-13(11)18-19-14/h1-8H,9H2,(H,17,20)(H,18,19). The Labute approximate surface area is 114 Å². The second kappa shape index (κ2) is 5.13. The van der Waals surface area contributed by atoms with Crippen molar-refractivity contribution in [2.75, 3.05) is 0 Å². The lowest BCUT2D eigenvalue weighted by atomic mass is 10.2. The first-order valence-electron chi connectivity index (χ1n) is 6.20. The van der Waals surface area contributed by atoms with Gasteiger partial charge in [-0.25, -0.2) is 4.39 Å². The number of fused-ring (bicyclic) bond motifs is 1. The second-order valence-corrected chi connectivity index (χ2v) is 4.38. The number of amides is 1. The molecule has 0 aliphatic carbocycles. The summed E-state index contributed by atoms with van der Waals surface area (Å²) in [6, 6.07) is 13.5. The van der Waals surface area contributed by atoms with Crippen LogP contribution in [0, 0.1) is 5.82 Å². The zero-order valence-electron chi connectivity index (χ0n) is 10.6. The lowest BCUT2D eigenvalue weighted by Gasteiger charge is -2.05. The molecule has 0 radical (unpaired) electrons. The van der Waals surface area contributed by atoms with Crippen LogP contribution in [0.1, 0.15) is 16.1 Å². The van der Waals surface area contributed by atoms with Crippen molar-refractivity contribution >= 4 is 16.8 Å². The first-order valence-corrected chi connectivity index (χ1v) is 6.20. The Morgan fingerprint density at radius 3 is 2.75 bits per heavy atom. The van der Waals surface area contributed by atoms with Crippen LogP contribution in [0.2, 0.25) is 0 Å². The topological polar surface area (TPSA) is 57.8 Å². The fourth-order valence-corrected chi connectivity index (χ4v) is 2.06. The SMILES string of the molecule is O=C(NCc1[nH]nc2ccccc12)c1ccccc1F. The molecule has 2 aromatic carbocycles. The molecular formula is C15H12FN3O. The van der Waals surface area contributed by atoms with Crippen molar-refractivity contribution in [3.8, 4) is 0 Å². The van der Waals surface area contributed by atoms with E-state index in [1.165, 1.54) is 12.1 Å². The number of para-hydroxylation sites is 1. The number of hydrogen-bond donors (Lipinski definition) is 2. The molecule has 0 fully saturated rings. The summed E-state index contributed by atoms with van der Waals surface area (Å²) in [7, 11) is 0. The largest absolute Gasteiger partial charge is 0.346 e. The van der Waals surface area contributed by atoms with Crippen LogP contribution in [-0.4, -0.2) is 16.1 Å². The highest BCUT2D eigenvalue weighted by molar-refractivity contribution is 5.94. The van der Waals surface area contributed by atoms with Crippen LogP contribution in [0.25, 0.3) is 10.9 Å². The molecule has 3 aromatic rings. The van der Waals surface area contributed by atoms with E-state index in [1.807, 2.05) is 24.3 Å². The Morgan fingerprint density at radius 1 is 1.15 bits per heavy atom. The van der Waals surface area contributed by atoms with Gasteiger partial charge in [0.2, 0.25) is 0 Å². The average molecular weight is 269 g/mol. The van der Waals surface area contributed by atoms with Crippen LogP contribution >= 0.6 is 0 Å². The number of carbonyl (C=O) groups excluding carboxylic acids is 1. The van der Waals surface area contributed by atoms with Crippen molar-refractivity contribution in [1.82, 2.24) is 15.5 Å². The second-order valence-electron chi connectivity index (χ2n) is 4.38. The van der Waals surface area contributed by atoms with Crippen molar-refractivity contribution < 1.29 is 9.18 Å². The molecule has 100 valence electrons. The highest BCUT2D eigenvalue weighted by Crippen LogP contribution is 2.15. The van der Waals surface area contributed by atoms with Crippen LogP contribution in [0.5, 0.6) is 0 Å². The normalized spacial score (nSPS) is 10.7. The van der Waals surface area contributed by atoms with Gasteiger partial charge in [0.1, 0.15) is 5.82 Å². The third-order valence-electron chi connectivity index (χ3n) is 3.08. The van der Waals surface area contributed by atoms with E-state index < -0.39 is 11.7 Å². The van der Waals surface area contributed by atoms with Gasteiger partial charge in [0.25, 0.3) is 5.91 Å². The van der Waals surface area contributed by atoms with Crippen LogP contribution in [-0.2, 0) is 6.54 Å². The summed E-state index contributed by atoms with van der Waals surface area (Å²) in [6.07, 6.45) is 0. The summed E-state index contributed by atoms with van der Waals surface area (Å²) in [5.74, 6) is -0.971. The zero-order chi connectivity index (χ0) is 13.9. The molecule has 0 aliphatic rings. The number of carbonyl (C=O) groups is 1. The van der Waals surface area contributed by atoms with Crippen molar-refractivity contribution in [3.05, 3.63) is 65.6 Å². The number of halogens is 1. The molecule has 0 atom stereocenters. The summed E-state index contributed by atoms with van der Waals surface area (Å²) in [6.45, 7) is 0.272. The number of aromatic amines is 1. The lowest BCUT2D eigenvalue weighted by molar-refractivity contribution is 0.0946. The minimum absolute atomic E-state index is 0.0383. The van der Waals surface area contributed by atoms with Gasteiger partial charge in [-0.1, -0.05) is 30.3 Å². The minimum Gasteiger partial charge on any atom is -0.346 e. The number of aromatic nitrogens is 2. The van der Waals surface area contributed by atoms with E-state index in [1.54, 1.807) is 12.1 Å². The monoisotopic (exact) mass is 269 g/mol. The molecule has 1 amide bonds. The predicted octanol–water partition coefficient (Wildman–Crippen LogP) is 2.63. The van der Waals surface area contributed by atoms with E-state index in [0.717, 1.165) is 16.6 Å². The van der Waals surface area contributed by atoms with Gasteiger partial charge in [0.15, 0.2) is 0 Å². The minimum atomic E-state index is -0.528. The van der Waals surface area contributed by atoms with Crippen LogP contribution in [0.4, 0.5) is 4.39 Å². The van der Waals surface area contributed by atoms with Crippen molar-refractivity contribution in [1.29, 1.82) is 0 Å². The van der Waals surface area contributed by atoms with E-state index in [-0.39, 0.29) is 12.1 Å². The lowest BCUT2D eigenvalue weighted by Crippen LogP contribution is -2.24. The first kappa shape index (κ1) is 12.3. The summed E-state index contributed by atoms with van der Waals surface area (Å²) in [4.78, 5) is 11.9. The maximum absolute atomic E-state index is 13.5. The average Bonchev–Trinajstić information content (AvgIpc) is 2.88. The molecule has 0 saturated carbocycles. The van der Waals surface area contributed by atoms with Crippen molar-refractivity contribution in [2.45, 2.75) is 6.54 Å². The van der Waals surface area contributed by atoms with Gasteiger partial charge >= 0.3 is 0 Å². The van der Waals surface area contributed by atoms with Gasteiger partial charge < -0.3 is 5.32 Å². The summed E-state index contributed by atoms with van der Waals surface area (Å²) in [5.41, 5.74) is 1.67. The molecule has 0 saturated heterocycles. The first-order chi connectivity index (χ1) is 9.75. The highest BCUT2D eigenvalue weighted by Gasteiger charge is 2.11. The number of benzene rings is 2. The van der Waals surface area contributed by atoms with E-state index in [4.69, 9.17) is 0 Å². The van der Waals surface area contributed by atoms with Crippen molar-refractivity contribution in [2.24, 2.45) is 0 Å². The fourth-order valence-electron chi connectivity index (χ4n) is 2.06. The van der Waals surface area contributed by atoms with E-state index in [9.17, 15) is 9.18 Å². The Morgan fingerprint density at radius 2 is 1.90 bits per heavy atom. The maximum Gasteiger partial charge on any atom is 0.254 e. The molecule has 20 heavy (non-hydrogen) atoms. The number of nitrogens with one attached hydrogen (secondary N) is 2. The van der Waals surface area contributed by atoms with Crippen LogP contribution < -0.4 is 5.32 Å². The van der Waals surface area contributed by atoms with Crippen LogP contribution in [0.15, 0.2) is 48.5 Å². The highest BCUT2D eigenvalue weighted by atomic mass is 19.1. The third-order valence-corrected chi connectivity index (χ3v) is 3.08. The number of rotatable bonds is 3. The van der Waals surface area contributed by atoms with Gasteiger partial charge in [0.05, 0.1) is 23.3 Å². The summed E-state index contributed by atoms with van der Waals surface area (Å²) >= 11 is 0. The molecule has 3 rings (SSSR count). The predicted molar refractivity (Wildman–Crippen MR) is 73.7 cm³/mol. The molecule has 0 bridgehead atoms. The molecule has 0 unspecified atom stereocenters. The van der Waals surface area contributed by atoms with Crippen molar-refractivity contribution in [3.63, 3.8) is 0 Å². The molecule has 4 nitrogen and oxygen atoms in total. The Kier molecular flexibility index (Phi) is 3.16. The third kappa shape index (κ3) is 2.25. The van der Waals surface area contributed by atoms with Crippen LogP contribution in [0.3, 0.4) is 0 Å². The molecule has 2 N–H and O–H groups in total. The Hall–Kier alpha value is -2.69. The smallest absolute Gasteiger partial charge is 0.254 e. The van der Waals surface area contributed by atoms with Gasteiger partial charge in [0, 0.05) is 5.39 Å². The fraction of sp³-hybridized carbons (Fsp3) is 0.0667. The van der Waals surface area contributed by atoms with E-state index in [2.05, 4.69) is 15.5 Å². The van der Waals surface area contributed by atoms with Gasteiger partial charge in [-0.15, -0.1) is 0 Å². The van der Waals surface area contributed by atoms with E-state index in [0.29, 0.717) is 0 Å². The Bertz CT molecular complexity index is 766. The maximum atomic E-state index is 13.5. The number of nitrogens with zero attached hydrogens (tertiary/aromatic N) is 1. The van der Waals surface area contributed by atoms with Gasteiger partial charge in [-0.3, -0.25) is 9.89 Å². The molecule has 5 heteroatoms. The number of hydrogen-bond acceptors (Lipinski definition) is 2. The summed E-state index contributed by atoms with van der Waals surface area (Å²) < 4.78 is 13.5. The molecule has 1 aromatic heterocycles. The zero-order valence-corrected chi connectivity index (χ0v) is 10.6. The quantitative estimate of drug-likeness (QED) is 0.768.